The van der Waals surface area contributed by atoms with Crippen LogP contribution in [0, 0.1) is 0 Å². The number of hydrogen-bond donors (Lipinski definition) is 3. The molecule has 144 valence electrons. The Morgan fingerprint density at radius 1 is 1.11 bits per heavy atom. The Morgan fingerprint density at radius 2 is 1.93 bits per heavy atom. The quantitative estimate of drug-likeness (QED) is 0.553. The number of aliphatic hydroxyl groups is 1. The maximum atomic E-state index is 12.6. The maximum absolute atomic E-state index is 12.6. The lowest BCUT2D eigenvalue weighted by atomic mass is 10.1. The molecule has 0 aliphatic carbocycles. The van der Waals surface area contributed by atoms with Crippen molar-refractivity contribution in [3.8, 4) is 5.88 Å². The summed E-state index contributed by atoms with van der Waals surface area (Å²) >= 11 is 0. The van der Waals surface area contributed by atoms with E-state index in [4.69, 9.17) is 10.5 Å². The molecule has 1 aromatic heterocycles. The number of nitrogens with zero attached hydrogens (tertiary/aromatic N) is 2. The van der Waals surface area contributed by atoms with Crippen LogP contribution in [0.4, 0.5) is 0 Å². The molecule has 1 unspecified atom stereocenters. The van der Waals surface area contributed by atoms with E-state index < -0.39 is 6.04 Å². The molecule has 3 aromatic rings. The third-order valence-corrected chi connectivity index (χ3v) is 4.17. The SMILES string of the molecule is NCc1cc(OCc2cccc(C(=O)NC(CO)c3ccccc3)c2)ncn1. The van der Waals surface area contributed by atoms with Gasteiger partial charge in [-0.2, -0.15) is 0 Å². The summed E-state index contributed by atoms with van der Waals surface area (Å²) in [5, 5.41) is 12.5. The van der Waals surface area contributed by atoms with E-state index in [0.717, 1.165) is 11.1 Å². The van der Waals surface area contributed by atoms with Crippen LogP contribution in [0.3, 0.4) is 0 Å². The van der Waals surface area contributed by atoms with E-state index in [1.165, 1.54) is 6.33 Å². The normalized spacial score (nSPS) is 11.6. The minimum absolute atomic E-state index is 0.185. The highest BCUT2D eigenvalue weighted by Gasteiger charge is 2.15. The Balaban J connectivity index is 1.65. The number of benzene rings is 2. The van der Waals surface area contributed by atoms with Crippen LogP contribution in [0.2, 0.25) is 0 Å². The monoisotopic (exact) mass is 378 g/mol. The third-order valence-electron chi connectivity index (χ3n) is 4.17. The summed E-state index contributed by atoms with van der Waals surface area (Å²) in [4.78, 5) is 20.7. The molecule has 0 aliphatic rings. The minimum Gasteiger partial charge on any atom is -0.473 e. The summed E-state index contributed by atoms with van der Waals surface area (Å²) in [5.74, 6) is 0.159. The highest BCUT2D eigenvalue weighted by atomic mass is 16.5. The van der Waals surface area contributed by atoms with Crippen LogP contribution in [0.5, 0.6) is 5.88 Å². The van der Waals surface area contributed by atoms with Crippen molar-refractivity contribution in [1.29, 1.82) is 0 Å². The minimum atomic E-state index is -0.468. The zero-order valence-corrected chi connectivity index (χ0v) is 15.3. The van der Waals surface area contributed by atoms with E-state index in [1.54, 1.807) is 24.3 Å². The topological polar surface area (TPSA) is 110 Å². The number of nitrogens with two attached hydrogens (primary N) is 1. The average Bonchev–Trinajstić information content (AvgIpc) is 2.76. The smallest absolute Gasteiger partial charge is 0.251 e. The number of amides is 1. The summed E-state index contributed by atoms with van der Waals surface area (Å²) in [6.45, 7) is 0.377. The summed E-state index contributed by atoms with van der Waals surface area (Å²) in [5.41, 5.74) is 8.40. The van der Waals surface area contributed by atoms with Crippen LogP contribution in [0.1, 0.15) is 33.2 Å². The van der Waals surface area contributed by atoms with Crippen molar-refractivity contribution in [2.45, 2.75) is 19.2 Å². The number of rotatable bonds is 8. The van der Waals surface area contributed by atoms with Gasteiger partial charge in [-0.3, -0.25) is 4.79 Å². The summed E-state index contributed by atoms with van der Waals surface area (Å²) in [6, 6.07) is 17.7. The largest absolute Gasteiger partial charge is 0.473 e. The van der Waals surface area contributed by atoms with E-state index in [0.29, 0.717) is 23.7 Å². The molecule has 0 fully saturated rings. The van der Waals surface area contributed by atoms with Crippen LogP contribution in [-0.4, -0.2) is 27.6 Å². The van der Waals surface area contributed by atoms with Crippen LogP contribution in [0.25, 0.3) is 0 Å². The lowest BCUT2D eigenvalue weighted by Gasteiger charge is -2.17. The first kappa shape index (κ1) is 19.5. The van der Waals surface area contributed by atoms with Gasteiger partial charge in [0, 0.05) is 18.2 Å². The second-order valence-electron chi connectivity index (χ2n) is 6.16. The average molecular weight is 378 g/mol. The van der Waals surface area contributed by atoms with Crippen molar-refractivity contribution in [1.82, 2.24) is 15.3 Å². The van der Waals surface area contributed by atoms with E-state index >= 15 is 0 Å². The Morgan fingerprint density at radius 3 is 2.68 bits per heavy atom. The molecule has 1 heterocycles. The number of ether oxygens (including phenoxy) is 1. The molecule has 0 aliphatic heterocycles. The number of carbonyl (C=O) groups is 1. The van der Waals surface area contributed by atoms with Crippen molar-refractivity contribution in [3.63, 3.8) is 0 Å². The highest BCUT2D eigenvalue weighted by molar-refractivity contribution is 5.94. The molecule has 0 bridgehead atoms. The van der Waals surface area contributed by atoms with Crippen molar-refractivity contribution in [3.05, 3.63) is 89.4 Å². The van der Waals surface area contributed by atoms with Gasteiger partial charge in [-0.15, -0.1) is 0 Å². The number of aromatic nitrogens is 2. The summed E-state index contributed by atoms with van der Waals surface area (Å²) in [7, 11) is 0. The molecule has 4 N–H and O–H groups in total. The summed E-state index contributed by atoms with van der Waals surface area (Å²) in [6.07, 6.45) is 1.40. The summed E-state index contributed by atoms with van der Waals surface area (Å²) < 4.78 is 5.66. The van der Waals surface area contributed by atoms with E-state index in [-0.39, 0.29) is 19.1 Å². The Kier molecular flexibility index (Phi) is 6.67. The molecule has 0 radical (unpaired) electrons. The first-order valence-electron chi connectivity index (χ1n) is 8.89. The Hall–Kier alpha value is -3.29. The molecule has 7 nitrogen and oxygen atoms in total. The zero-order valence-electron chi connectivity index (χ0n) is 15.3. The van der Waals surface area contributed by atoms with Crippen molar-refractivity contribution in [2.24, 2.45) is 5.73 Å². The maximum Gasteiger partial charge on any atom is 0.251 e. The predicted octanol–water partition coefficient (Wildman–Crippen LogP) is 1.98. The van der Waals surface area contributed by atoms with Crippen molar-refractivity contribution >= 4 is 5.91 Å². The van der Waals surface area contributed by atoms with Gasteiger partial charge < -0.3 is 20.9 Å². The predicted molar refractivity (Wildman–Crippen MR) is 104 cm³/mol. The Bertz CT molecular complexity index is 918. The second kappa shape index (κ2) is 9.59. The number of carbonyl (C=O) groups excluding carboxylic acids is 1. The molecule has 1 amide bonds. The van der Waals surface area contributed by atoms with Gasteiger partial charge in [-0.1, -0.05) is 42.5 Å². The molecule has 1 atom stereocenters. The van der Waals surface area contributed by atoms with E-state index in [9.17, 15) is 9.90 Å². The van der Waals surface area contributed by atoms with Crippen molar-refractivity contribution in [2.75, 3.05) is 6.61 Å². The van der Waals surface area contributed by atoms with Gasteiger partial charge in [0.1, 0.15) is 12.9 Å². The fourth-order valence-corrected chi connectivity index (χ4v) is 2.69. The zero-order chi connectivity index (χ0) is 19.8. The van der Waals surface area contributed by atoms with Gasteiger partial charge >= 0.3 is 0 Å². The second-order valence-corrected chi connectivity index (χ2v) is 6.16. The van der Waals surface area contributed by atoms with Gasteiger partial charge in [-0.25, -0.2) is 9.97 Å². The molecule has 0 spiro atoms. The molecule has 2 aromatic carbocycles. The molecule has 0 saturated carbocycles. The van der Waals surface area contributed by atoms with Gasteiger partial charge in [0.05, 0.1) is 18.3 Å². The number of hydrogen-bond acceptors (Lipinski definition) is 6. The first-order chi connectivity index (χ1) is 13.7. The van der Waals surface area contributed by atoms with Crippen molar-refractivity contribution < 1.29 is 14.6 Å². The lowest BCUT2D eigenvalue weighted by Crippen LogP contribution is -2.30. The number of aliphatic hydroxyl groups excluding tert-OH is 1. The molecular formula is C21H22N4O3. The number of nitrogens with one attached hydrogen (secondary N) is 1. The van der Waals surface area contributed by atoms with Crippen LogP contribution in [0.15, 0.2) is 67.0 Å². The van der Waals surface area contributed by atoms with Gasteiger partial charge in [0.15, 0.2) is 0 Å². The molecule has 28 heavy (non-hydrogen) atoms. The van der Waals surface area contributed by atoms with Crippen LogP contribution in [-0.2, 0) is 13.2 Å². The van der Waals surface area contributed by atoms with E-state index in [2.05, 4.69) is 15.3 Å². The fraction of sp³-hybridized carbons (Fsp3) is 0.190. The molecule has 3 rings (SSSR count). The first-order valence-corrected chi connectivity index (χ1v) is 8.89. The lowest BCUT2D eigenvalue weighted by molar-refractivity contribution is 0.0916. The molecule has 7 heteroatoms. The van der Waals surface area contributed by atoms with Crippen LogP contribution >= 0.6 is 0 Å². The van der Waals surface area contributed by atoms with Gasteiger partial charge in [-0.05, 0) is 23.3 Å². The highest BCUT2D eigenvalue weighted by Crippen LogP contribution is 2.15. The van der Waals surface area contributed by atoms with Gasteiger partial charge in [0.2, 0.25) is 5.88 Å². The third kappa shape index (κ3) is 5.12. The molecule has 0 saturated heterocycles. The Labute approximate surface area is 163 Å². The van der Waals surface area contributed by atoms with E-state index in [1.807, 2.05) is 36.4 Å². The fourth-order valence-electron chi connectivity index (χ4n) is 2.69. The molecular weight excluding hydrogens is 356 g/mol. The standard InChI is InChI=1S/C21H22N4O3/c22-11-18-10-20(24-14-23-18)28-13-15-5-4-8-17(9-15)21(27)25-19(12-26)16-6-2-1-3-7-16/h1-10,14,19,26H,11-13,22H2,(H,25,27). The van der Waals surface area contributed by atoms with Crippen LogP contribution < -0.4 is 15.8 Å². The van der Waals surface area contributed by atoms with Gasteiger partial charge in [0.25, 0.3) is 5.91 Å².